The number of nitrogens with zero attached hydrogens (tertiary/aromatic N) is 3. The van der Waals surface area contributed by atoms with Gasteiger partial charge in [-0.2, -0.15) is 0 Å². The number of aromatic nitrogens is 3. The number of pyridine rings is 1. The number of rotatable bonds is 11. The van der Waals surface area contributed by atoms with Crippen molar-refractivity contribution in [2.75, 3.05) is 69.0 Å². The third-order valence-electron chi connectivity index (χ3n) is 7.09. The lowest BCUT2D eigenvalue weighted by Crippen LogP contribution is -2.41. The molecule has 0 atom stereocenters. The Labute approximate surface area is 255 Å². The van der Waals surface area contributed by atoms with E-state index in [1.807, 2.05) is 55.4 Å². The van der Waals surface area contributed by atoms with Gasteiger partial charge in [0, 0.05) is 64.6 Å². The topological polar surface area (TPSA) is 147 Å². The van der Waals surface area contributed by atoms with Crippen LogP contribution in [-0.2, 0) is 4.74 Å². The number of benzene rings is 1. The normalized spacial score (nSPS) is 13.5. The number of carbonyl (C=O) groups excluding carboxylic acids is 3. The van der Waals surface area contributed by atoms with Crippen molar-refractivity contribution in [1.29, 1.82) is 0 Å². The molecule has 3 amide bonds. The van der Waals surface area contributed by atoms with Gasteiger partial charge in [0.2, 0.25) is 0 Å². The molecule has 3 aromatic heterocycles. The molecule has 0 unspecified atom stereocenters. The predicted molar refractivity (Wildman–Crippen MR) is 171 cm³/mol. The minimum atomic E-state index is -0.419. The summed E-state index contributed by atoms with van der Waals surface area (Å²) in [5.74, 6) is -1.02. The molecule has 228 valence electrons. The SMILES string of the molecule is CN(C)c1ccc(/C=C/c2ccc(C(=O)Nc3c[nH]c(C(=O)Nc4c[nH]c(C(=O)NCCN5CCOCC5)c4)c3)cn2)cc1. The van der Waals surface area contributed by atoms with Crippen LogP contribution < -0.4 is 20.9 Å². The Morgan fingerprint density at radius 2 is 1.55 bits per heavy atom. The number of morpholine rings is 1. The number of anilines is 3. The molecule has 12 heteroatoms. The van der Waals surface area contributed by atoms with Gasteiger partial charge in [0.1, 0.15) is 11.4 Å². The highest BCUT2D eigenvalue weighted by Crippen LogP contribution is 2.17. The van der Waals surface area contributed by atoms with Gasteiger partial charge in [0.05, 0.1) is 35.8 Å². The Kier molecular flexibility index (Phi) is 9.85. The number of H-pyrrole nitrogens is 2. The molecule has 0 bridgehead atoms. The van der Waals surface area contributed by atoms with Gasteiger partial charge in [0.25, 0.3) is 17.7 Å². The van der Waals surface area contributed by atoms with Crippen molar-refractivity contribution in [2.24, 2.45) is 0 Å². The van der Waals surface area contributed by atoms with Crippen molar-refractivity contribution in [3.63, 3.8) is 0 Å². The lowest BCUT2D eigenvalue weighted by molar-refractivity contribution is 0.0383. The summed E-state index contributed by atoms with van der Waals surface area (Å²) in [6.45, 7) is 4.39. The van der Waals surface area contributed by atoms with E-state index in [-0.39, 0.29) is 17.5 Å². The van der Waals surface area contributed by atoms with Crippen LogP contribution in [0.2, 0.25) is 0 Å². The minimum absolute atomic E-state index is 0.246. The fourth-order valence-electron chi connectivity index (χ4n) is 4.55. The lowest BCUT2D eigenvalue weighted by Gasteiger charge is -2.26. The molecule has 4 aromatic rings. The van der Waals surface area contributed by atoms with Crippen LogP contribution in [0.1, 0.15) is 42.6 Å². The third kappa shape index (κ3) is 8.21. The van der Waals surface area contributed by atoms with Crippen molar-refractivity contribution in [3.05, 3.63) is 95.3 Å². The van der Waals surface area contributed by atoms with Crippen LogP contribution in [0.25, 0.3) is 12.2 Å². The monoisotopic (exact) mass is 596 g/mol. The van der Waals surface area contributed by atoms with E-state index in [0.29, 0.717) is 42.4 Å². The fraction of sp³-hybridized carbons (Fsp3) is 0.250. The third-order valence-corrected chi connectivity index (χ3v) is 7.09. The van der Waals surface area contributed by atoms with Crippen molar-refractivity contribution >= 4 is 46.9 Å². The summed E-state index contributed by atoms with van der Waals surface area (Å²) in [6, 6.07) is 14.7. The molecule has 1 fully saturated rings. The average molecular weight is 597 g/mol. The minimum Gasteiger partial charge on any atom is -0.379 e. The Morgan fingerprint density at radius 1 is 0.886 bits per heavy atom. The molecule has 0 aliphatic carbocycles. The van der Waals surface area contributed by atoms with E-state index < -0.39 is 5.91 Å². The first-order valence-electron chi connectivity index (χ1n) is 14.3. The van der Waals surface area contributed by atoms with E-state index >= 15 is 0 Å². The number of nitrogens with one attached hydrogen (secondary N) is 5. The Bertz CT molecular complexity index is 1600. The zero-order valence-electron chi connectivity index (χ0n) is 24.7. The van der Waals surface area contributed by atoms with Crippen LogP contribution in [0.4, 0.5) is 17.1 Å². The number of amides is 3. The molecular weight excluding hydrogens is 560 g/mol. The van der Waals surface area contributed by atoms with Crippen LogP contribution in [0.15, 0.2) is 67.1 Å². The molecule has 12 nitrogen and oxygen atoms in total. The Morgan fingerprint density at radius 3 is 2.18 bits per heavy atom. The number of ether oxygens (including phenoxy) is 1. The van der Waals surface area contributed by atoms with Crippen LogP contribution in [0.3, 0.4) is 0 Å². The van der Waals surface area contributed by atoms with Crippen molar-refractivity contribution in [2.45, 2.75) is 0 Å². The molecular formula is C32H36N8O4. The highest BCUT2D eigenvalue weighted by molar-refractivity contribution is 6.07. The van der Waals surface area contributed by atoms with E-state index in [0.717, 1.165) is 36.6 Å². The van der Waals surface area contributed by atoms with Gasteiger partial charge in [-0.3, -0.25) is 24.3 Å². The summed E-state index contributed by atoms with van der Waals surface area (Å²) >= 11 is 0. The van der Waals surface area contributed by atoms with E-state index in [1.165, 1.54) is 18.5 Å². The second-order valence-electron chi connectivity index (χ2n) is 10.5. The molecule has 0 radical (unpaired) electrons. The highest BCUT2D eigenvalue weighted by Gasteiger charge is 2.15. The largest absolute Gasteiger partial charge is 0.379 e. The van der Waals surface area contributed by atoms with Gasteiger partial charge in [0.15, 0.2) is 0 Å². The van der Waals surface area contributed by atoms with Crippen LogP contribution >= 0.6 is 0 Å². The van der Waals surface area contributed by atoms with Crippen LogP contribution in [0.5, 0.6) is 0 Å². The second-order valence-corrected chi connectivity index (χ2v) is 10.5. The Balaban J connectivity index is 1.09. The molecule has 44 heavy (non-hydrogen) atoms. The van der Waals surface area contributed by atoms with Crippen LogP contribution in [0, 0.1) is 0 Å². The molecule has 0 spiro atoms. The first kappa shape index (κ1) is 30.3. The van der Waals surface area contributed by atoms with Gasteiger partial charge in [-0.1, -0.05) is 18.2 Å². The lowest BCUT2D eigenvalue weighted by atomic mass is 10.1. The van der Waals surface area contributed by atoms with Crippen molar-refractivity contribution in [1.82, 2.24) is 25.2 Å². The van der Waals surface area contributed by atoms with Crippen molar-refractivity contribution in [3.8, 4) is 0 Å². The quantitative estimate of drug-likeness (QED) is 0.178. The molecule has 1 saturated heterocycles. The van der Waals surface area contributed by atoms with Gasteiger partial charge in [-0.15, -0.1) is 0 Å². The zero-order chi connectivity index (χ0) is 30.9. The summed E-state index contributed by atoms with van der Waals surface area (Å²) in [4.78, 5) is 52.4. The van der Waals surface area contributed by atoms with E-state index in [2.05, 4.69) is 35.8 Å². The first-order chi connectivity index (χ1) is 21.3. The maximum atomic E-state index is 12.8. The summed E-state index contributed by atoms with van der Waals surface area (Å²) in [7, 11) is 3.99. The standard InChI is InChI=1S/C32H36N8O4/c1-39(2)27-9-4-22(5-10-27)3-7-24-8-6-23(19-34-24)30(41)37-25-18-29(36-20-25)32(43)38-26-17-28(35-21-26)31(42)33-11-12-40-13-15-44-16-14-40/h3-10,17-21,35-36H,11-16H2,1-2H3,(H,33,42)(H,37,41)(H,38,43)/b7-3+. The van der Waals surface area contributed by atoms with E-state index in [9.17, 15) is 14.4 Å². The number of hydrogen-bond acceptors (Lipinski definition) is 7. The van der Waals surface area contributed by atoms with Crippen molar-refractivity contribution < 1.29 is 19.1 Å². The van der Waals surface area contributed by atoms with Gasteiger partial charge in [-0.25, -0.2) is 0 Å². The first-order valence-corrected chi connectivity index (χ1v) is 14.3. The van der Waals surface area contributed by atoms with Gasteiger partial charge >= 0.3 is 0 Å². The molecule has 5 N–H and O–H groups in total. The number of hydrogen-bond donors (Lipinski definition) is 5. The summed E-state index contributed by atoms with van der Waals surface area (Å²) in [5, 5.41) is 8.39. The number of carbonyl (C=O) groups is 3. The maximum Gasteiger partial charge on any atom is 0.272 e. The average Bonchev–Trinajstić information content (AvgIpc) is 3.71. The van der Waals surface area contributed by atoms with E-state index in [1.54, 1.807) is 24.4 Å². The molecule has 1 aliphatic heterocycles. The van der Waals surface area contributed by atoms with Crippen LogP contribution in [-0.4, -0.2) is 91.1 Å². The fourth-order valence-corrected chi connectivity index (χ4v) is 4.55. The second kappa shape index (κ2) is 14.3. The van der Waals surface area contributed by atoms with E-state index in [4.69, 9.17) is 4.74 Å². The summed E-state index contributed by atoms with van der Waals surface area (Å²) in [6.07, 6.45) is 8.43. The maximum absolute atomic E-state index is 12.8. The van der Waals surface area contributed by atoms with Gasteiger partial charge < -0.3 is 35.6 Å². The molecule has 0 saturated carbocycles. The Hall–Kier alpha value is -5.20. The van der Waals surface area contributed by atoms with Gasteiger partial charge in [-0.05, 0) is 48.0 Å². The summed E-state index contributed by atoms with van der Waals surface area (Å²) < 4.78 is 5.33. The molecule has 1 aromatic carbocycles. The smallest absolute Gasteiger partial charge is 0.272 e. The number of aromatic amines is 2. The summed E-state index contributed by atoms with van der Waals surface area (Å²) in [5.41, 5.74) is 4.73. The molecule has 1 aliphatic rings. The zero-order valence-corrected chi connectivity index (χ0v) is 24.7. The molecule has 4 heterocycles. The molecule has 5 rings (SSSR count). The highest BCUT2D eigenvalue weighted by atomic mass is 16.5. The predicted octanol–water partition coefficient (Wildman–Crippen LogP) is 3.54.